The Morgan fingerprint density at radius 2 is 2.05 bits per heavy atom. The SMILES string of the molecule is COc1cc(C(=O)N2C[C@H]3CNC[C@H]3C2)ccc1F. The maximum Gasteiger partial charge on any atom is 0.254 e. The number of benzene rings is 1. The van der Waals surface area contributed by atoms with Crippen LogP contribution in [0.5, 0.6) is 5.75 Å². The topological polar surface area (TPSA) is 41.6 Å². The van der Waals surface area contributed by atoms with Crippen molar-refractivity contribution in [2.75, 3.05) is 33.3 Å². The summed E-state index contributed by atoms with van der Waals surface area (Å²) in [4.78, 5) is 14.2. The van der Waals surface area contributed by atoms with Gasteiger partial charge in [0.05, 0.1) is 7.11 Å². The van der Waals surface area contributed by atoms with E-state index in [1.165, 1.54) is 25.3 Å². The normalized spacial score (nSPS) is 25.5. The third kappa shape index (κ3) is 2.18. The molecular weight excluding hydrogens is 247 g/mol. The van der Waals surface area contributed by atoms with Crippen LogP contribution in [0, 0.1) is 17.7 Å². The maximum atomic E-state index is 13.3. The number of nitrogens with zero attached hydrogens (tertiary/aromatic N) is 1. The lowest BCUT2D eigenvalue weighted by Gasteiger charge is -2.18. The molecule has 3 rings (SSSR count). The summed E-state index contributed by atoms with van der Waals surface area (Å²) in [5, 5.41) is 3.34. The predicted molar refractivity (Wildman–Crippen MR) is 68.7 cm³/mol. The number of hydrogen-bond donors (Lipinski definition) is 1. The van der Waals surface area contributed by atoms with E-state index in [4.69, 9.17) is 4.74 Å². The number of fused-ring (bicyclic) bond motifs is 1. The van der Waals surface area contributed by atoms with Gasteiger partial charge in [-0.05, 0) is 30.0 Å². The van der Waals surface area contributed by atoms with Crippen LogP contribution in [0.4, 0.5) is 4.39 Å². The van der Waals surface area contributed by atoms with Crippen LogP contribution in [0.1, 0.15) is 10.4 Å². The number of likely N-dealkylation sites (tertiary alicyclic amines) is 1. The largest absolute Gasteiger partial charge is 0.494 e. The first-order chi connectivity index (χ1) is 9.19. The Labute approximate surface area is 111 Å². The first-order valence-electron chi connectivity index (χ1n) is 6.52. The van der Waals surface area contributed by atoms with Crippen molar-refractivity contribution in [3.05, 3.63) is 29.6 Å². The van der Waals surface area contributed by atoms with E-state index in [0.29, 0.717) is 17.4 Å². The van der Waals surface area contributed by atoms with Gasteiger partial charge in [0, 0.05) is 31.7 Å². The van der Waals surface area contributed by atoms with Gasteiger partial charge in [0.25, 0.3) is 5.91 Å². The van der Waals surface area contributed by atoms with Crippen LogP contribution in [-0.4, -0.2) is 44.1 Å². The van der Waals surface area contributed by atoms with Crippen molar-refractivity contribution in [1.82, 2.24) is 10.2 Å². The lowest BCUT2D eigenvalue weighted by atomic mass is 10.0. The van der Waals surface area contributed by atoms with Crippen LogP contribution in [0.25, 0.3) is 0 Å². The van der Waals surface area contributed by atoms with Crippen LogP contribution >= 0.6 is 0 Å². The van der Waals surface area contributed by atoms with Gasteiger partial charge in [-0.25, -0.2) is 4.39 Å². The molecule has 102 valence electrons. The molecule has 0 saturated carbocycles. The Bertz CT molecular complexity index is 494. The summed E-state index contributed by atoms with van der Waals surface area (Å²) in [5.41, 5.74) is 0.492. The summed E-state index contributed by atoms with van der Waals surface area (Å²) in [5.74, 6) is 0.763. The molecule has 4 nitrogen and oxygen atoms in total. The summed E-state index contributed by atoms with van der Waals surface area (Å²) in [7, 11) is 1.40. The van der Waals surface area contributed by atoms with E-state index in [1.54, 1.807) is 0 Å². The van der Waals surface area contributed by atoms with Crippen molar-refractivity contribution in [1.29, 1.82) is 0 Å². The predicted octanol–water partition coefficient (Wildman–Crippen LogP) is 1.13. The average Bonchev–Trinajstić information content (AvgIpc) is 2.99. The minimum absolute atomic E-state index is 0.0345. The van der Waals surface area contributed by atoms with Gasteiger partial charge in [-0.3, -0.25) is 4.79 Å². The molecule has 0 bridgehead atoms. The van der Waals surface area contributed by atoms with Gasteiger partial charge < -0.3 is 15.0 Å². The Hall–Kier alpha value is -1.62. The molecular formula is C14H17FN2O2. The zero-order valence-corrected chi connectivity index (χ0v) is 10.9. The Balaban J connectivity index is 1.77. The molecule has 0 unspecified atom stereocenters. The van der Waals surface area contributed by atoms with E-state index in [2.05, 4.69) is 5.32 Å². The van der Waals surface area contributed by atoms with Crippen molar-refractivity contribution in [3.63, 3.8) is 0 Å². The second-order valence-corrected chi connectivity index (χ2v) is 5.24. The summed E-state index contributed by atoms with van der Waals surface area (Å²) in [6.07, 6.45) is 0. The molecule has 1 N–H and O–H groups in total. The quantitative estimate of drug-likeness (QED) is 0.870. The Morgan fingerprint density at radius 1 is 1.37 bits per heavy atom. The highest BCUT2D eigenvalue weighted by Crippen LogP contribution is 2.28. The molecule has 2 atom stereocenters. The van der Waals surface area contributed by atoms with Crippen LogP contribution in [0.15, 0.2) is 18.2 Å². The summed E-state index contributed by atoms with van der Waals surface area (Å²) >= 11 is 0. The number of halogens is 1. The number of methoxy groups -OCH3 is 1. The highest BCUT2D eigenvalue weighted by molar-refractivity contribution is 5.94. The molecule has 0 aromatic heterocycles. The molecule has 2 heterocycles. The van der Waals surface area contributed by atoms with E-state index >= 15 is 0 Å². The fourth-order valence-electron chi connectivity index (χ4n) is 3.00. The van der Waals surface area contributed by atoms with Crippen molar-refractivity contribution in [2.45, 2.75) is 0 Å². The van der Waals surface area contributed by atoms with E-state index in [0.717, 1.165) is 26.2 Å². The average molecular weight is 264 g/mol. The molecule has 0 aliphatic carbocycles. The van der Waals surface area contributed by atoms with Crippen molar-refractivity contribution < 1.29 is 13.9 Å². The Kier molecular flexibility index (Phi) is 3.14. The third-order valence-corrected chi connectivity index (χ3v) is 4.07. The van der Waals surface area contributed by atoms with Gasteiger partial charge in [0.15, 0.2) is 11.6 Å². The standard InChI is InChI=1S/C14H17FN2O2/c1-19-13-4-9(2-3-12(13)15)14(18)17-7-10-5-16-6-11(10)8-17/h2-4,10-11,16H,5-8H2,1H3/t10-,11+. The van der Waals surface area contributed by atoms with Gasteiger partial charge in [-0.15, -0.1) is 0 Å². The van der Waals surface area contributed by atoms with E-state index in [1.807, 2.05) is 4.90 Å². The zero-order chi connectivity index (χ0) is 13.4. The highest BCUT2D eigenvalue weighted by Gasteiger charge is 2.38. The molecule has 2 aliphatic rings. The fraction of sp³-hybridized carbons (Fsp3) is 0.500. The first-order valence-corrected chi connectivity index (χ1v) is 6.52. The molecule has 1 amide bonds. The molecule has 19 heavy (non-hydrogen) atoms. The van der Waals surface area contributed by atoms with Gasteiger partial charge in [0.2, 0.25) is 0 Å². The monoisotopic (exact) mass is 264 g/mol. The van der Waals surface area contributed by atoms with Gasteiger partial charge >= 0.3 is 0 Å². The molecule has 2 saturated heterocycles. The third-order valence-electron chi connectivity index (χ3n) is 4.07. The molecule has 5 heteroatoms. The second kappa shape index (κ2) is 4.81. The number of ether oxygens (including phenoxy) is 1. The highest BCUT2D eigenvalue weighted by atomic mass is 19.1. The lowest BCUT2D eigenvalue weighted by molar-refractivity contribution is 0.0781. The molecule has 2 aliphatic heterocycles. The summed E-state index contributed by atoms with van der Waals surface area (Å²) in [6.45, 7) is 3.55. The van der Waals surface area contributed by atoms with Gasteiger partial charge in [-0.2, -0.15) is 0 Å². The van der Waals surface area contributed by atoms with E-state index in [9.17, 15) is 9.18 Å². The fourth-order valence-corrected chi connectivity index (χ4v) is 3.00. The minimum atomic E-state index is -0.443. The van der Waals surface area contributed by atoms with E-state index < -0.39 is 5.82 Å². The molecule has 1 aromatic rings. The number of nitrogens with one attached hydrogen (secondary N) is 1. The van der Waals surface area contributed by atoms with E-state index in [-0.39, 0.29) is 11.7 Å². The smallest absolute Gasteiger partial charge is 0.254 e. The molecule has 0 spiro atoms. The lowest BCUT2D eigenvalue weighted by Crippen LogP contribution is -2.31. The Morgan fingerprint density at radius 3 is 2.68 bits per heavy atom. The van der Waals surface area contributed by atoms with Crippen molar-refractivity contribution >= 4 is 5.91 Å². The number of amides is 1. The first kappa shape index (κ1) is 12.4. The van der Waals surface area contributed by atoms with Gasteiger partial charge in [-0.1, -0.05) is 0 Å². The second-order valence-electron chi connectivity index (χ2n) is 5.24. The molecule has 1 aromatic carbocycles. The number of hydrogen-bond acceptors (Lipinski definition) is 3. The van der Waals surface area contributed by atoms with Gasteiger partial charge in [0.1, 0.15) is 0 Å². The van der Waals surface area contributed by atoms with Crippen LogP contribution in [0.2, 0.25) is 0 Å². The number of rotatable bonds is 2. The maximum absolute atomic E-state index is 13.3. The van der Waals surface area contributed by atoms with Crippen LogP contribution < -0.4 is 10.1 Å². The minimum Gasteiger partial charge on any atom is -0.494 e. The van der Waals surface area contributed by atoms with Crippen LogP contribution in [-0.2, 0) is 0 Å². The number of carbonyl (C=O) groups is 1. The summed E-state index contributed by atoms with van der Waals surface area (Å²) in [6, 6.07) is 4.28. The van der Waals surface area contributed by atoms with Crippen LogP contribution in [0.3, 0.4) is 0 Å². The number of carbonyl (C=O) groups excluding carboxylic acids is 1. The summed E-state index contributed by atoms with van der Waals surface area (Å²) < 4.78 is 18.3. The van der Waals surface area contributed by atoms with Crippen molar-refractivity contribution in [2.24, 2.45) is 11.8 Å². The molecule has 2 fully saturated rings. The molecule has 0 radical (unpaired) electrons. The zero-order valence-electron chi connectivity index (χ0n) is 10.9. The van der Waals surface area contributed by atoms with Crippen molar-refractivity contribution in [3.8, 4) is 5.75 Å².